The molecule has 43 valence electrons. The molecular formula is C5H13N2. The van der Waals surface area contributed by atoms with Crippen LogP contribution < -0.4 is 11.5 Å². The topological polar surface area (TPSA) is 52.0 Å². The Balaban J connectivity index is 2.83. The maximum Gasteiger partial charge on any atom is 0.0221 e. The smallest absolute Gasteiger partial charge is 0.0221 e. The van der Waals surface area contributed by atoms with Crippen molar-refractivity contribution >= 4 is 0 Å². The van der Waals surface area contributed by atoms with Crippen LogP contribution in [-0.4, -0.2) is 6.54 Å². The van der Waals surface area contributed by atoms with Gasteiger partial charge in [0, 0.05) is 6.54 Å². The van der Waals surface area contributed by atoms with E-state index in [1.165, 1.54) is 0 Å². The number of hydrogen-bond donors (Lipinski definition) is 2. The third-order valence-electron chi connectivity index (χ3n) is 0.951. The maximum absolute atomic E-state index is 5.23. The Labute approximate surface area is 44.9 Å². The van der Waals surface area contributed by atoms with Gasteiger partial charge in [-0.15, -0.1) is 0 Å². The first-order valence-electron chi connectivity index (χ1n) is 2.56. The molecule has 0 heterocycles. The Morgan fingerprint density at radius 1 is 1.71 bits per heavy atom. The van der Waals surface area contributed by atoms with Gasteiger partial charge in [-0.25, -0.2) is 0 Å². The van der Waals surface area contributed by atoms with Crippen LogP contribution in [0.25, 0.3) is 0 Å². The Morgan fingerprint density at radius 3 is 2.43 bits per heavy atom. The first-order chi connectivity index (χ1) is 3.31. The minimum atomic E-state index is 0.477. The van der Waals surface area contributed by atoms with Gasteiger partial charge in [0.05, 0.1) is 0 Å². The summed E-state index contributed by atoms with van der Waals surface area (Å²) in [7, 11) is 0. The van der Waals surface area contributed by atoms with E-state index in [1.807, 2.05) is 6.92 Å². The number of hydrogen-bond acceptors (Lipinski definition) is 2. The van der Waals surface area contributed by atoms with E-state index in [-0.39, 0.29) is 0 Å². The van der Waals surface area contributed by atoms with Crippen LogP contribution in [0.5, 0.6) is 0 Å². The molecule has 0 aromatic carbocycles. The monoisotopic (exact) mass is 101 g/mol. The van der Waals surface area contributed by atoms with E-state index >= 15 is 0 Å². The van der Waals surface area contributed by atoms with Crippen LogP contribution in [0.1, 0.15) is 13.3 Å². The maximum atomic E-state index is 5.23. The zero-order valence-corrected chi connectivity index (χ0v) is 4.72. The molecule has 0 amide bonds. The van der Waals surface area contributed by atoms with E-state index in [4.69, 9.17) is 11.5 Å². The molecule has 1 unspecified atom stereocenters. The summed E-state index contributed by atoms with van der Waals surface area (Å²) in [5.74, 6) is 0.477. The predicted octanol–water partition coefficient (Wildman–Crippen LogP) is 0.0918. The fourth-order valence-electron chi connectivity index (χ4n) is 0.359. The second-order valence-electron chi connectivity index (χ2n) is 1.75. The van der Waals surface area contributed by atoms with Gasteiger partial charge in [0.25, 0.3) is 0 Å². The van der Waals surface area contributed by atoms with Gasteiger partial charge in [0.2, 0.25) is 0 Å². The molecule has 1 atom stereocenters. The quantitative estimate of drug-likeness (QED) is 0.529. The van der Waals surface area contributed by atoms with Crippen LogP contribution in [0, 0.1) is 12.5 Å². The van der Waals surface area contributed by atoms with E-state index in [0.29, 0.717) is 5.92 Å². The van der Waals surface area contributed by atoms with Crippen molar-refractivity contribution in [3.8, 4) is 0 Å². The van der Waals surface area contributed by atoms with Gasteiger partial charge in [-0.3, -0.25) is 0 Å². The normalized spacial score (nSPS) is 14.1. The van der Waals surface area contributed by atoms with Gasteiger partial charge in [-0.2, -0.15) is 0 Å². The van der Waals surface area contributed by atoms with Crippen molar-refractivity contribution in [2.75, 3.05) is 6.54 Å². The highest BCUT2D eigenvalue weighted by molar-refractivity contribution is 4.63. The fourth-order valence-corrected chi connectivity index (χ4v) is 0.359. The molecule has 0 fully saturated rings. The lowest BCUT2D eigenvalue weighted by Gasteiger charge is -2.01. The molecule has 0 aliphatic carbocycles. The lowest BCUT2D eigenvalue weighted by atomic mass is 10.1. The summed E-state index contributed by atoms with van der Waals surface area (Å²) in [5.41, 5.74) is 10.4. The van der Waals surface area contributed by atoms with Crippen molar-refractivity contribution in [2.24, 2.45) is 17.4 Å². The van der Waals surface area contributed by atoms with Crippen LogP contribution in [0.3, 0.4) is 0 Å². The Morgan fingerprint density at radius 2 is 2.29 bits per heavy atom. The number of nitrogens with two attached hydrogens (primary N) is 2. The van der Waals surface area contributed by atoms with E-state index in [2.05, 4.69) is 0 Å². The lowest BCUT2D eigenvalue weighted by molar-refractivity contribution is 0.610. The molecule has 0 aliphatic rings. The largest absolute Gasteiger partial charge is 0.330 e. The molecule has 0 aromatic rings. The third kappa shape index (κ3) is 3.76. The molecule has 0 aliphatic heterocycles. The van der Waals surface area contributed by atoms with Crippen LogP contribution in [-0.2, 0) is 0 Å². The van der Waals surface area contributed by atoms with E-state index in [9.17, 15) is 0 Å². The van der Waals surface area contributed by atoms with E-state index in [0.717, 1.165) is 13.0 Å². The summed E-state index contributed by atoms with van der Waals surface area (Å²) in [6.07, 6.45) is 0.997. The first kappa shape index (κ1) is 6.92. The second kappa shape index (κ2) is 4.09. The SMILES string of the molecule is CC([CH]N)CCN. The standard InChI is InChI=1S/C5H13N2/c1-5(4-7)2-3-6/h4-5H,2-3,6-7H2,1H3. The predicted molar refractivity (Wildman–Crippen MR) is 31.3 cm³/mol. The summed E-state index contributed by atoms with van der Waals surface area (Å²) < 4.78 is 0. The lowest BCUT2D eigenvalue weighted by Crippen LogP contribution is -2.09. The molecule has 0 saturated carbocycles. The highest BCUT2D eigenvalue weighted by atomic mass is 14.6. The van der Waals surface area contributed by atoms with Gasteiger partial charge in [0.1, 0.15) is 0 Å². The molecule has 1 radical (unpaired) electrons. The van der Waals surface area contributed by atoms with Crippen LogP contribution in [0.15, 0.2) is 0 Å². The molecule has 0 saturated heterocycles. The summed E-state index contributed by atoms with van der Waals surface area (Å²) in [6, 6.07) is 0. The third-order valence-corrected chi connectivity index (χ3v) is 0.951. The van der Waals surface area contributed by atoms with Gasteiger partial charge < -0.3 is 11.5 Å². The molecule has 4 N–H and O–H groups in total. The minimum absolute atomic E-state index is 0.477. The molecule has 7 heavy (non-hydrogen) atoms. The molecule has 0 rings (SSSR count). The van der Waals surface area contributed by atoms with Gasteiger partial charge >= 0.3 is 0 Å². The van der Waals surface area contributed by atoms with E-state index < -0.39 is 0 Å². The summed E-state index contributed by atoms with van der Waals surface area (Å²) >= 11 is 0. The van der Waals surface area contributed by atoms with Crippen molar-refractivity contribution in [1.29, 1.82) is 0 Å². The first-order valence-corrected chi connectivity index (χ1v) is 2.56. The molecule has 0 bridgehead atoms. The average molecular weight is 101 g/mol. The molecule has 2 heteroatoms. The zero-order valence-electron chi connectivity index (χ0n) is 4.72. The van der Waals surface area contributed by atoms with Crippen molar-refractivity contribution in [3.63, 3.8) is 0 Å². The van der Waals surface area contributed by atoms with Crippen molar-refractivity contribution < 1.29 is 0 Å². The zero-order chi connectivity index (χ0) is 5.70. The number of rotatable bonds is 3. The van der Waals surface area contributed by atoms with Gasteiger partial charge in [0.15, 0.2) is 0 Å². The molecule has 0 spiro atoms. The van der Waals surface area contributed by atoms with Crippen molar-refractivity contribution in [2.45, 2.75) is 13.3 Å². The van der Waals surface area contributed by atoms with Crippen LogP contribution >= 0.6 is 0 Å². The minimum Gasteiger partial charge on any atom is -0.330 e. The van der Waals surface area contributed by atoms with Crippen molar-refractivity contribution in [3.05, 3.63) is 6.54 Å². The Hall–Kier alpha value is -0.0800. The van der Waals surface area contributed by atoms with Crippen LogP contribution in [0.4, 0.5) is 0 Å². The molecule has 2 nitrogen and oxygen atoms in total. The summed E-state index contributed by atoms with van der Waals surface area (Å²) in [6.45, 7) is 4.45. The summed E-state index contributed by atoms with van der Waals surface area (Å²) in [5, 5.41) is 0. The van der Waals surface area contributed by atoms with Gasteiger partial charge in [-0.05, 0) is 18.9 Å². The van der Waals surface area contributed by atoms with E-state index in [1.54, 1.807) is 6.54 Å². The average Bonchev–Trinajstić information content (AvgIpc) is 1.68. The highest BCUT2D eigenvalue weighted by Gasteiger charge is 1.93. The second-order valence-corrected chi connectivity index (χ2v) is 1.75. The molecular weight excluding hydrogens is 88.1 g/mol. The van der Waals surface area contributed by atoms with Crippen molar-refractivity contribution in [1.82, 2.24) is 0 Å². The Kier molecular flexibility index (Phi) is 4.04. The fraction of sp³-hybridized carbons (Fsp3) is 0.800. The highest BCUT2D eigenvalue weighted by Crippen LogP contribution is 1.97. The van der Waals surface area contributed by atoms with Crippen LogP contribution in [0.2, 0.25) is 0 Å². The Bertz CT molecular complexity index is 37.1. The summed E-state index contributed by atoms with van der Waals surface area (Å²) in [4.78, 5) is 0. The van der Waals surface area contributed by atoms with Gasteiger partial charge in [-0.1, -0.05) is 6.92 Å². The molecule has 0 aromatic heterocycles.